The lowest BCUT2D eigenvalue weighted by molar-refractivity contribution is -0.146. The van der Waals surface area contributed by atoms with Crippen molar-refractivity contribution in [1.29, 1.82) is 0 Å². The molecule has 150 valence electrons. The van der Waals surface area contributed by atoms with Crippen LogP contribution in [0.5, 0.6) is 0 Å². The van der Waals surface area contributed by atoms with Crippen molar-refractivity contribution in [3.8, 4) is 0 Å². The van der Waals surface area contributed by atoms with Crippen molar-refractivity contribution >= 4 is 15.9 Å². The molecule has 0 spiro atoms. The van der Waals surface area contributed by atoms with Gasteiger partial charge in [-0.25, -0.2) is 0 Å². The van der Waals surface area contributed by atoms with Gasteiger partial charge < -0.3 is 0 Å². The minimum absolute atomic E-state index is 0.455. The molecular formula is C26H41S+. The van der Waals surface area contributed by atoms with Gasteiger partial charge in [-0.15, -0.1) is 0 Å². The Hall–Kier alpha value is -0.170. The summed E-state index contributed by atoms with van der Waals surface area (Å²) < 4.78 is 0. The number of rotatable bonds is 3. The molecule has 4 aliphatic carbocycles. The fourth-order valence-electron chi connectivity index (χ4n) is 8.85. The third-order valence-corrected chi connectivity index (χ3v) is 12.5. The van der Waals surface area contributed by atoms with Gasteiger partial charge >= 0.3 is 0 Å². The number of hydrogen-bond acceptors (Lipinski definition) is 0. The Bertz CT molecular complexity index is 661. The van der Waals surface area contributed by atoms with Crippen molar-refractivity contribution in [3.63, 3.8) is 0 Å². The number of fused-ring (bicyclic) bond motifs is 5. The quantitative estimate of drug-likeness (QED) is 0.275. The Labute approximate surface area is 170 Å². The highest BCUT2D eigenvalue weighted by atomic mass is 32.2. The zero-order valence-corrected chi connectivity index (χ0v) is 19.0. The summed E-state index contributed by atoms with van der Waals surface area (Å²) in [5.74, 6) is 7.00. The number of allylic oxidation sites excluding steroid dienone is 1. The van der Waals surface area contributed by atoms with Crippen LogP contribution in [-0.4, -0.2) is 16.4 Å². The second-order valence-corrected chi connectivity index (χ2v) is 13.6. The third kappa shape index (κ3) is 2.62. The van der Waals surface area contributed by atoms with E-state index in [4.69, 9.17) is 0 Å². The van der Waals surface area contributed by atoms with E-state index in [-0.39, 0.29) is 0 Å². The zero-order valence-electron chi connectivity index (χ0n) is 18.2. The van der Waals surface area contributed by atoms with E-state index >= 15 is 0 Å². The average molecular weight is 386 g/mol. The molecule has 1 heteroatoms. The summed E-state index contributed by atoms with van der Waals surface area (Å²) >= 11 is 0. The van der Waals surface area contributed by atoms with E-state index in [1.807, 2.05) is 0 Å². The van der Waals surface area contributed by atoms with Crippen LogP contribution in [-0.2, 0) is 0 Å². The van der Waals surface area contributed by atoms with Gasteiger partial charge in [0.1, 0.15) is 5.92 Å². The second-order valence-electron chi connectivity index (χ2n) is 11.3. The van der Waals surface area contributed by atoms with Crippen LogP contribution in [0.25, 0.3) is 0 Å². The third-order valence-electron chi connectivity index (χ3n) is 10.5. The highest BCUT2D eigenvalue weighted by molar-refractivity contribution is 8.23. The molecule has 0 amide bonds. The molecule has 0 nitrogen and oxygen atoms in total. The lowest BCUT2D eigenvalue weighted by Gasteiger charge is -2.63. The monoisotopic (exact) mass is 385 g/mol. The molecule has 0 aromatic rings. The van der Waals surface area contributed by atoms with Crippen molar-refractivity contribution < 1.29 is 0 Å². The molecule has 0 N–H and O–H groups in total. The summed E-state index contributed by atoms with van der Waals surface area (Å²) in [7, 11) is 0.708. The largest absolute Gasteiger partial charge is 0.181 e. The Morgan fingerprint density at radius 1 is 1.15 bits per heavy atom. The van der Waals surface area contributed by atoms with Gasteiger partial charge in [-0.3, -0.25) is 0 Å². The molecule has 10 unspecified atom stereocenters. The van der Waals surface area contributed by atoms with E-state index in [1.165, 1.54) is 50.7 Å². The van der Waals surface area contributed by atoms with Crippen LogP contribution in [0.1, 0.15) is 79.1 Å². The van der Waals surface area contributed by atoms with Crippen LogP contribution in [0, 0.1) is 52.8 Å². The maximum Gasteiger partial charge on any atom is 0.104 e. The molecule has 5 rings (SSSR count). The first-order valence-corrected chi connectivity index (χ1v) is 13.5. The summed E-state index contributed by atoms with van der Waals surface area (Å²) in [5, 5.41) is 3.66. The maximum atomic E-state index is 4.55. The molecule has 5 aliphatic rings. The van der Waals surface area contributed by atoms with Crippen molar-refractivity contribution in [2.24, 2.45) is 46.3 Å². The molecule has 0 aromatic heterocycles. The van der Waals surface area contributed by atoms with Crippen molar-refractivity contribution in [1.82, 2.24) is 0 Å². The van der Waals surface area contributed by atoms with Crippen LogP contribution in [0.2, 0.25) is 0 Å². The van der Waals surface area contributed by atoms with Gasteiger partial charge in [0.25, 0.3) is 0 Å². The maximum absolute atomic E-state index is 4.55. The van der Waals surface area contributed by atoms with Gasteiger partial charge in [0.15, 0.2) is 0 Å². The van der Waals surface area contributed by atoms with Gasteiger partial charge in [-0.2, -0.15) is 10.5 Å². The molecule has 1 heterocycles. The molecule has 1 aliphatic heterocycles. The minimum Gasteiger partial charge on any atom is -0.181 e. The predicted molar refractivity (Wildman–Crippen MR) is 121 cm³/mol. The lowest BCUT2D eigenvalue weighted by Crippen LogP contribution is -2.59. The molecule has 27 heavy (non-hydrogen) atoms. The van der Waals surface area contributed by atoms with Crippen LogP contribution in [0.4, 0.5) is 0 Å². The lowest BCUT2D eigenvalue weighted by atomic mass is 9.40. The van der Waals surface area contributed by atoms with Crippen molar-refractivity contribution in [2.75, 3.05) is 5.75 Å². The zero-order chi connectivity index (χ0) is 19.0. The van der Waals surface area contributed by atoms with E-state index in [0.717, 1.165) is 40.8 Å². The van der Waals surface area contributed by atoms with Gasteiger partial charge in [-0.1, -0.05) is 38.3 Å². The highest BCUT2D eigenvalue weighted by Crippen LogP contribution is 2.70. The van der Waals surface area contributed by atoms with E-state index in [2.05, 4.69) is 46.1 Å². The fourth-order valence-corrected chi connectivity index (χ4v) is 10.6. The van der Waals surface area contributed by atoms with Gasteiger partial charge in [0, 0.05) is 22.8 Å². The van der Waals surface area contributed by atoms with Crippen molar-refractivity contribution in [2.45, 2.75) is 84.3 Å². The van der Waals surface area contributed by atoms with E-state index in [1.54, 1.807) is 12.0 Å². The summed E-state index contributed by atoms with van der Waals surface area (Å²) in [6.45, 7) is 14.9. The average Bonchev–Trinajstić information content (AvgIpc) is 3.44. The van der Waals surface area contributed by atoms with Crippen LogP contribution in [0.15, 0.2) is 12.2 Å². The van der Waals surface area contributed by atoms with Crippen molar-refractivity contribution in [3.05, 3.63) is 18.6 Å². The molecule has 10 atom stereocenters. The summed E-state index contributed by atoms with van der Waals surface area (Å²) in [6, 6.07) is 0. The van der Waals surface area contributed by atoms with Gasteiger partial charge in [-0.05, 0) is 80.5 Å². The van der Waals surface area contributed by atoms with E-state index < -0.39 is 0 Å². The first kappa shape index (κ1) is 18.8. The summed E-state index contributed by atoms with van der Waals surface area (Å²) in [5.41, 5.74) is 2.65. The normalized spacial score (nSPS) is 56.5. The van der Waals surface area contributed by atoms with Crippen LogP contribution in [0.3, 0.4) is 0 Å². The van der Waals surface area contributed by atoms with Gasteiger partial charge in [0.2, 0.25) is 0 Å². The minimum atomic E-state index is 0.455. The Balaban J connectivity index is 1.52. The highest BCUT2D eigenvalue weighted by Gasteiger charge is 2.64. The summed E-state index contributed by atoms with van der Waals surface area (Å²) in [4.78, 5) is 0. The van der Waals surface area contributed by atoms with Crippen LogP contribution < -0.4 is 0 Å². The topological polar surface area (TPSA) is 0 Å². The molecule has 0 bridgehead atoms. The molecular weight excluding hydrogens is 344 g/mol. The molecule has 0 saturated heterocycles. The van der Waals surface area contributed by atoms with Gasteiger partial charge in [0.05, 0.1) is 12.8 Å². The predicted octanol–water partition coefficient (Wildman–Crippen LogP) is 7.12. The molecule has 0 radical (unpaired) electrons. The Morgan fingerprint density at radius 2 is 1.93 bits per heavy atom. The smallest absolute Gasteiger partial charge is 0.104 e. The molecule has 4 saturated carbocycles. The standard InChI is InChI=1S/C26H41S/c1-6-7-20-18(3)24-21-9-8-17(2)25(21,4)13-11-22(24)26(5)12-10-19(16-23(20)26)27-14-15-27/h7,14,18-24H,2,6,8-13,15-16H2,1,3-5H3/q+1. The number of hydrogen-bond donors (Lipinski definition) is 0. The molecule has 4 fully saturated rings. The van der Waals surface area contributed by atoms with E-state index in [0.29, 0.717) is 21.3 Å². The van der Waals surface area contributed by atoms with E-state index in [9.17, 15) is 0 Å². The van der Waals surface area contributed by atoms with Crippen LogP contribution >= 0.6 is 10.5 Å². The fraction of sp³-hybridized carbons (Fsp3) is 0.846. The first-order valence-electron chi connectivity index (χ1n) is 11.9. The summed E-state index contributed by atoms with van der Waals surface area (Å²) in [6.07, 6.45) is 14.3. The Morgan fingerprint density at radius 3 is 2.63 bits per heavy atom. The molecule has 0 aromatic carbocycles. The SMILES string of the molecule is C=C1CCC2C3C(C)C([CH+]CC)C4CC(S5=CC5)CCC4(C)C3CCC12C. The second kappa shape index (κ2) is 6.41. The first-order chi connectivity index (χ1) is 12.9. The Kier molecular flexibility index (Phi) is 4.47.